The summed E-state index contributed by atoms with van der Waals surface area (Å²) < 4.78 is 11.1. The largest absolute Gasteiger partial charge is 0.457 e. The number of carbonyl (C=O) groups is 1. The fourth-order valence-electron chi connectivity index (χ4n) is 1.94. The lowest BCUT2D eigenvalue weighted by molar-refractivity contribution is -0.171. The molecular formula is C12H20O3. The van der Waals surface area contributed by atoms with Crippen LogP contribution in [0.15, 0.2) is 12.7 Å². The van der Waals surface area contributed by atoms with Gasteiger partial charge in [0, 0.05) is 6.92 Å². The van der Waals surface area contributed by atoms with Crippen molar-refractivity contribution in [3.8, 4) is 0 Å². The van der Waals surface area contributed by atoms with E-state index in [4.69, 9.17) is 9.47 Å². The third-order valence-corrected chi connectivity index (χ3v) is 2.93. The molecule has 0 radical (unpaired) electrons. The van der Waals surface area contributed by atoms with E-state index in [1.165, 1.54) is 6.92 Å². The lowest BCUT2D eigenvalue weighted by Gasteiger charge is -2.32. The summed E-state index contributed by atoms with van der Waals surface area (Å²) in [5, 5.41) is 0. The van der Waals surface area contributed by atoms with Crippen LogP contribution in [0.2, 0.25) is 0 Å². The van der Waals surface area contributed by atoms with Gasteiger partial charge in [-0.1, -0.05) is 6.08 Å². The highest BCUT2D eigenvalue weighted by molar-refractivity contribution is 5.66. The summed E-state index contributed by atoms with van der Waals surface area (Å²) in [5.74, 6) is -0.268. The molecule has 1 heterocycles. The van der Waals surface area contributed by atoms with E-state index in [2.05, 4.69) is 6.58 Å². The van der Waals surface area contributed by atoms with Crippen molar-refractivity contribution in [3.63, 3.8) is 0 Å². The minimum Gasteiger partial charge on any atom is -0.457 e. The van der Waals surface area contributed by atoms with Crippen LogP contribution in [0.25, 0.3) is 0 Å². The fraction of sp³-hybridized carbons (Fsp3) is 0.750. The van der Waals surface area contributed by atoms with E-state index in [-0.39, 0.29) is 17.7 Å². The summed E-state index contributed by atoms with van der Waals surface area (Å²) in [6, 6.07) is 0. The fourth-order valence-corrected chi connectivity index (χ4v) is 1.94. The molecular weight excluding hydrogens is 192 g/mol. The third kappa shape index (κ3) is 2.81. The van der Waals surface area contributed by atoms with Crippen molar-refractivity contribution < 1.29 is 14.3 Å². The van der Waals surface area contributed by atoms with Crippen LogP contribution in [0.5, 0.6) is 0 Å². The Morgan fingerprint density at radius 1 is 1.67 bits per heavy atom. The quantitative estimate of drug-likeness (QED) is 0.532. The Morgan fingerprint density at radius 3 is 2.67 bits per heavy atom. The molecule has 0 N–H and O–H groups in total. The normalized spacial score (nSPS) is 31.3. The molecule has 1 aliphatic rings. The van der Waals surface area contributed by atoms with Crippen LogP contribution in [0.1, 0.15) is 40.5 Å². The van der Waals surface area contributed by atoms with E-state index in [9.17, 15) is 4.79 Å². The number of hydrogen-bond acceptors (Lipinski definition) is 3. The molecule has 0 aliphatic carbocycles. The van der Waals surface area contributed by atoms with Gasteiger partial charge in [-0.25, -0.2) is 0 Å². The van der Waals surface area contributed by atoms with Gasteiger partial charge < -0.3 is 9.47 Å². The predicted octanol–water partition coefficient (Wildman–Crippen LogP) is 2.45. The summed E-state index contributed by atoms with van der Waals surface area (Å²) in [6.07, 6.45) is 3.58. The van der Waals surface area contributed by atoms with Crippen LogP contribution in [-0.4, -0.2) is 23.3 Å². The second-order valence-electron chi connectivity index (χ2n) is 4.86. The third-order valence-electron chi connectivity index (χ3n) is 2.93. The molecule has 0 aromatic carbocycles. The number of carbonyl (C=O) groups excluding carboxylic acids is 1. The summed E-state index contributed by atoms with van der Waals surface area (Å²) in [4.78, 5) is 10.9. The summed E-state index contributed by atoms with van der Waals surface area (Å²) in [5.41, 5.74) is -0.839. The molecule has 3 heteroatoms. The van der Waals surface area contributed by atoms with Gasteiger partial charge in [0.15, 0.2) is 0 Å². The van der Waals surface area contributed by atoms with Gasteiger partial charge >= 0.3 is 5.97 Å². The van der Waals surface area contributed by atoms with Crippen molar-refractivity contribution in [1.29, 1.82) is 0 Å². The van der Waals surface area contributed by atoms with Crippen LogP contribution >= 0.6 is 0 Å². The Balaban J connectivity index is 2.67. The van der Waals surface area contributed by atoms with Crippen LogP contribution in [-0.2, 0) is 14.3 Å². The first-order chi connectivity index (χ1) is 6.79. The lowest BCUT2D eigenvalue weighted by atomic mass is 9.96. The smallest absolute Gasteiger partial charge is 0.303 e. The van der Waals surface area contributed by atoms with Gasteiger partial charge in [-0.05, 0) is 33.6 Å². The molecule has 0 amide bonds. The Hall–Kier alpha value is -0.830. The van der Waals surface area contributed by atoms with Gasteiger partial charge in [0.1, 0.15) is 5.60 Å². The first-order valence-corrected chi connectivity index (χ1v) is 5.30. The number of hydrogen-bond donors (Lipinski definition) is 0. The minimum atomic E-state index is -0.563. The predicted molar refractivity (Wildman–Crippen MR) is 58.6 cm³/mol. The summed E-state index contributed by atoms with van der Waals surface area (Å²) >= 11 is 0. The summed E-state index contributed by atoms with van der Waals surface area (Å²) in [7, 11) is 0. The lowest BCUT2D eigenvalue weighted by Crippen LogP contribution is -2.41. The Bertz CT molecular complexity index is 270. The highest BCUT2D eigenvalue weighted by atomic mass is 16.6. The zero-order valence-electron chi connectivity index (χ0n) is 10.0. The molecule has 0 spiro atoms. The van der Waals surface area contributed by atoms with Gasteiger partial charge in [0.25, 0.3) is 0 Å². The van der Waals surface area contributed by atoms with Crippen LogP contribution in [0.4, 0.5) is 0 Å². The molecule has 1 unspecified atom stereocenters. The topological polar surface area (TPSA) is 35.5 Å². The van der Waals surface area contributed by atoms with Crippen LogP contribution in [0, 0.1) is 0 Å². The minimum absolute atomic E-state index is 0.0515. The van der Waals surface area contributed by atoms with Gasteiger partial charge in [0.2, 0.25) is 0 Å². The zero-order chi connectivity index (χ0) is 11.7. The number of esters is 1. The van der Waals surface area contributed by atoms with Gasteiger partial charge in [-0.3, -0.25) is 4.79 Å². The van der Waals surface area contributed by atoms with Crippen molar-refractivity contribution in [2.75, 3.05) is 0 Å². The number of ether oxygens (including phenoxy) is 2. The molecule has 1 saturated heterocycles. The molecule has 2 atom stereocenters. The van der Waals surface area contributed by atoms with Crippen molar-refractivity contribution in [1.82, 2.24) is 0 Å². The van der Waals surface area contributed by atoms with Crippen molar-refractivity contribution in [2.45, 2.75) is 57.8 Å². The standard InChI is InChI=1S/C12H20O3/c1-6-12(5)8-7-10(15-12)11(3,4)14-9(2)13/h6,10H,1,7-8H2,2-5H3/t10?,12-/m1/s1. The molecule has 3 nitrogen and oxygen atoms in total. The highest BCUT2D eigenvalue weighted by Gasteiger charge is 2.43. The average Bonchev–Trinajstić information content (AvgIpc) is 2.47. The molecule has 0 saturated carbocycles. The first-order valence-electron chi connectivity index (χ1n) is 5.30. The van der Waals surface area contributed by atoms with Crippen LogP contribution < -0.4 is 0 Å². The second kappa shape index (κ2) is 3.97. The second-order valence-corrected chi connectivity index (χ2v) is 4.86. The number of rotatable bonds is 3. The molecule has 1 rings (SSSR count). The van der Waals surface area contributed by atoms with Crippen molar-refractivity contribution >= 4 is 5.97 Å². The molecule has 1 fully saturated rings. The Morgan fingerprint density at radius 2 is 2.27 bits per heavy atom. The Labute approximate surface area is 91.4 Å². The molecule has 86 valence electrons. The molecule has 0 bridgehead atoms. The monoisotopic (exact) mass is 212 g/mol. The maximum absolute atomic E-state index is 10.9. The Kier molecular flexibility index (Phi) is 3.24. The van der Waals surface area contributed by atoms with Gasteiger partial charge in [-0.2, -0.15) is 0 Å². The maximum Gasteiger partial charge on any atom is 0.303 e. The molecule has 0 aromatic heterocycles. The van der Waals surface area contributed by atoms with Crippen LogP contribution in [0.3, 0.4) is 0 Å². The first kappa shape index (κ1) is 12.2. The van der Waals surface area contributed by atoms with Crippen molar-refractivity contribution in [2.24, 2.45) is 0 Å². The average molecular weight is 212 g/mol. The van der Waals surface area contributed by atoms with Gasteiger partial charge in [-0.15, -0.1) is 6.58 Å². The zero-order valence-corrected chi connectivity index (χ0v) is 10.0. The highest BCUT2D eigenvalue weighted by Crippen LogP contribution is 2.37. The van der Waals surface area contributed by atoms with E-state index >= 15 is 0 Å². The summed E-state index contributed by atoms with van der Waals surface area (Å²) in [6.45, 7) is 10.9. The van der Waals surface area contributed by atoms with E-state index in [1.807, 2.05) is 26.8 Å². The van der Waals surface area contributed by atoms with E-state index in [1.54, 1.807) is 0 Å². The van der Waals surface area contributed by atoms with Crippen molar-refractivity contribution in [3.05, 3.63) is 12.7 Å². The van der Waals surface area contributed by atoms with E-state index in [0.717, 1.165) is 12.8 Å². The maximum atomic E-state index is 10.9. The molecule has 1 aliphatic heterocycles. The van der Waals surface area contributed by atoms with E-state index in [0.29, 0.717) is 0 Å². The molecule has 0 aromatic rings. The van der Waals surface area contributed by atoms with E-state index < -0.39 is 5.60 Å². The van der Waals surface area contributed by atoms with Gasteiger partial charge in [0.05, 0.1) is 11.7 Å². The SMILES string of the molecule is C=C[C@]1(C)CCC(C(C)(C)OC(C)=O)O1. The molecule has 15 heavy (non-hydrogen) atoms.